The van der Waals surface area contributed by atoms with E-state index in [9.17, 15) is 9.59 Å². The van der Waals surface area contributed by atoms with Crippen molar-refractivity contribution >= 4 is 23.2 Å². The SMILES string of the molecule is Cc1ccc(N2C(=O)[C@@H]3[C@@H](c4cccnc4)N(c4ccccc4)O[C@H]3C2=O)cc1. The van der Waals surface area contributed by atoms with Crippen molar-refractivity contribution in [1.82, 2.24) is 4.98 Å². The molecule has 2 aliphatic heterocycles. The number of pyridine rings is 1. The van der Waals surface area contributed by atoms with E-state index in [2.05, 4.69) is 4.98 Å². The lowest BCUT2D eigenvalue weighted by Gasteiger charge is -2.28. The molecule has 2 amide bonds. The van der Waals surface area contributed by atoms with Gasteiger partial charge in [-0.1, -0.05) is 42.0 Å². The summed E-state index contributed by atoms with van der Waals surface area (Å²) < 4.78 is 0. The first-order valence-corrected chi connectivity index (χ1v) is 9.50. The highest BCUT2D eigenvalue weighted by Gasteiger charge is 2.60. The van der Waals surface area contributed by atoms with Crippen molar-refractivity contribution in [1.29, 1.82) is 0 Å². The van der Waals surface area contributed by atoms with Crippen molar-refractivity contribution < 1.29 is 14.4 Å². The fourth-order valence-corrected chi connectivity index (χ4v) is 4.05. The van der Waals surface area contributed by atoms with Gasteiger partial charge in [-0.3, -0.25) is 19.4 Å². The monoisotopic (exact) mass is 385 g/mol. The molecule has 0 aliphatic carbocycles. The molecule has 6 heteroatoms. The zero-order valence-electron chi connectivity index (χ0n) is 15.8. The summed E-state index contributed by atoms with van der Waals surface area (Å²) in [6.07, 6.45) is 2.54. The minimum Gasteiger partial charge on any atom is -0.273 e. The van der Waals surface area contributed by atoms with Crippen LogP contribution < -0.4 is 9.96 Å². The molecule has 0 spiro atoms. The van der Waals surface area contributed by atoms with Crippen LogP contribution in [0, 0.1) is 12.8 Å². The second kappa shape index (κ2) is 6.83. The first-order chi connectivity index (χ1) is 14.1. The Morgan fingerprint density at radius 1 is 0.862 bits per heavy atom. The van der Waals surface area contributed by atoms with E-state index in [1.807, 2.05) is 61.5 Å². The van der Waals surface area contributed by atoms with Gasteiger partial charge in [-0.05, 0) is 42.8 Å². The molecule has 3 heterocycles. The molecule has 2 saturated heterocycles. The van der Waals surface area contributed by atoms with Crippen LogP contribution in [0.5, 0.6) is 0 Å². The average molecular weight is 385 g/mol. The summed E-state index contributed by atoms with van der Waals surface area (Å²) in [4.78, 5) is 38.1. The minimum absolute atomic E-state index is 0.254. The lowest BCUT2D eigenvalue weighted by molar-refractivity contribution is -0.126. The largest absolute Gasteiger partial charge is 0.273 e. The molecular weight excluding hydrogens is 366 g/mol. The smallest absolute Gasteiger partial charge is 0.266 e. The number of benzene rings is 2. The highest BCUT2D eigenvalue weighted by atomic mass is 16.7. The zero-order valence-corrected chi connectivity index (χ0v) is 15.8. The summed E-state index contributed by atoms with van der Waals surface area (Å²) in [7, 11) is 0. The summed E-state index contributed by atoms with van der Waals surface area (Å²) in [5.74, 6) is -1.24. The molecule has 0 bridgehead atoms. The van der Waals surface area contributed by atoms with Crippen LogP contribution in [-0.2, 0) is 14.4 Å². The summed E-state index contributed by atoms with van der Waals surface area (Å²) in [6.45, 7) is 1.96. The molecule has 3 aromatic rings. The number of aryl methyl sites for hydroxylation is 1. The maximum Gasteiger partial charge on any atom is 0.266 e. The topological polar surface area (TPSA) is 62.7 Å². The third-order valence-corrected chi connectivity index (χ3v) is 5.44. The molecule has 5 rings (SSSR count). The Morgan fingerprint density at radius 3 is 2.31 bits per heavy atom. The van der Waals surface area contributed by atoms with E-state index in [0.717, 1.165) is 16.8 Å². The van der Waals surface area contributed by atoms with Crippen molar-refractivity contribution in [3.05, 3.63) is 90.3 Å². The van der Waals surface area contributed by atoms with Gasteiger partial charge in [0.25, 0.3) is 5.91 Å². The third-order valence-electron chi connectivity index (χ3n) is 5.44. The number of hydrogen-bond acceptors (Lipinski definition) is 5. The predicted octanol–water partition coefficient (Wildman–Crippen LogP) is 3.44. The van der Waals surface area contributed by atoms with E-state index in [0.29, 0.717) is 5.69 Å². The van der Waals surface area contributed by atoms with Gasteiger partial charge in [0, 0.05) is 12.4 Å². The van der Waals surface area contributed by atoms with Gasteiger partial charge in [0.1, 0.15) is 5.92 Å². The number of carbonyl (C=O) groups is 2. The van der Waals surface area contributed by atoms with Crippen LogP contribution in [-0.4, -0.2) is 22.9 Å². The Balaban J connectivity index is 1.58. The van der Waals surface area contributed by atoms with Crippen molar-refractivity contribution in [2.45, 2.75) is 19.1 Å². The van der Waals surface area contributed by atoms with E-state index in [4.69, 9.17) is 4.84 Å². The quantitative estimate of drug-likeness (QED) is 0.647. The molecular formula is C23H19N3O3. The van der Waals surface area contributed by atoms with Crippen molar-refractivity contribution in [3.8, 4) is 0 Å². The summed E-state index contributed by atoms with van der Waals surface area (Å²) in [5.41, 5.74) is 3.25. The number of rotatable bonds is 3. The zero-order chi connectivity index (χ0) is 20.0. The second-order valence-corrected chi connectivity index (χ2v) is 7.29. The lowest BCUT2D eigenvalue weighted by Crippen LogP contribution is -2.37. The number of hydroxylamine groups is 1. The highest BCUT2D eigenvalue weighted by molar-refractivity contribution is 6.23. The Hall–Kier alpha value is -3.51. The first kappa shape index (κ1) is 17.6. The van der Waals surface area contributed by atoms with E-state index < -0.39 is 18.1 Å². The summed E-state index contributed by atoms with van der Waals surface area (Å²) in [5, 5.41) is 1.68. The Labute approximate surface area is 168 Å². The van der Waals surface area contributed by atoms with Gasteiger partial charge in [0.15, 0.2) is 6.10 Å². The molecule has 6 nitrogen and oxygen atoms in total. The van der Waals surface area contributed by atoms with E-state index in [1.165, 1.54) is 4.90 Å². The number of nitrogens with zero attached hydrogens (tertiary/aromatic N) is 3. The number of carbonyl (C=O) groups excluding carboxylic acids is 2. The number of anilines is 2. The number of hydrogen-bond donors (Lipinski definition) is 0. The Morgan fingerprint density at radius 2 is 1.62 bits per heavy atom. The van der Waals surface area contributed by atoms with Gasteiger partial charge in [-0.25, -0.2) is 9.96 Å². The molecule has 0 saturated carbocycles. The van der Waals surface area contributed by atoms with E-state index in [-0.39, 0.29) is 11.8 Å². The van der Waals surface area contributed by atoms with Gasteiger partial charge in [-0.15, -0.1) is 0 Å². The van der Waals surface area contributed by atoms with Gasteiger partial charge in [0.2, 0.25) is 5.91 Å². The molecule has 0 unspecified atom stereocenters. The molecule has 2 aliphatic rings. The van der Waals surface area contributed by atoms with Gasteiger partial charge in [-0.2, -0.15) is 0 Å². The first-order valence-electron chi connectivity index (χ1n) is 9.50. The number of imide groups is 1. The number of amides is 2. The highest BCUT2D eigenvalue weighted by Crippen LogP contribution is 2.47. The van der Waals surface area contributed by atoms with Crippen LogP contribution in [0.15, 0.2) is 79.1 Å². The average Bonchev–Trinajstić information content (AvgIpc) is 3.27. The maximum atomic E-state index is 13.4. The van der Waals surface area contributed by atoms with E-state index >= 15 is 0 Å². The standard InChI is InChI=1S/C23H19N3O3/c1-15-9-11-17(12-10-15)25-22(27)19-20(16-6-5-13-24-14-16)26(29-21(19)23(25)28)18-7-3-2-4-8-18/h2-14,19-21H,1H3/t19-,20-,21-/m1/s1. The third kappa shape index (κ3) is 2.80. The van der Waals surface area contributed by atoms with Crippen LogP contribution in [0.4, 0.5) is 11.4 Å². The van der Waals surface area contributed by atoms with Crippen molar-refractivity contribution in [2.24, 2.45) is 5.92 Å². The molecule has 29 heavy (non-hydrogen) atoms. The Kier molecular flexibility index (Phi) is 4.14. The second-order valence-electron chi connectivity index (χ2n) is 7.29. The van der Waals surface area contributed by atoms with Gasteiger partial charge in [0.05, 0.1) is 17.4 Å². The Bertz CT molecular complexity index is 1050. The molecule has 1 aromatic heterocycles. The summed E-state index contributed by atoms with van der Waals surface area (Å²) in [6, 6.07) is 20.2. The number of fused-ring (bicyclic) bond motifs is 1. The van der Waals surface area contributed by atoms with Crippen LogP contribution in [0.2, 0.25) is 0 Å². The van der Waals surface area contributed by atoms with E-state index in [1.54, 1.807) is 29.6 Å². The molecule has 2 aromatic carbocycles. The van der Waals surface area contributed by atoms with Crippen LogP contribution in [0.3, 0.4) is 0 Å². The van der Waals surface area contributed by atoms with Crippen LogP contribution in [0.1, 0.15) is 17.2 Å². The normalized spacial score (nSPS) is 23.6. The molecule has 0 N–H and O–H groups in total. The van der Waals surface area contributed by atoms with Crippen LogP contribution >= 0.6 is 0 Å². The van der Waals surface area contributed by atoms with Gasteiger partial charge >= 0.3 is 0 Å². The van der Waals surface area contributed by atoms with Gasteiger partial charge < -0.3 is 0 Å². The fourth-order valence-electron chi connectivity index (χ4n) is 4.05. The molecule has 0 radical (unpaired) electrons. The lowest BCUT2D eigenvalue weighted by atomic mass is 9.91. The predicted molar refractivity (Wildman–Crippen MR) is 108 cm³/mol. The number of aromatic nitrogens is 1. The summed E-state index contributed by atoms with van der Waals surface area (Å²) >= 11 is 0. The molecule has 2 fully saturated rings. The number of para-hydroxylation sites is 1. The maximum absolute atomic E-state index is 13.4. The van der Waals surface area contributed by atoms with Crippen LogP contribution in [0.25, 0.3) is 0 Å². The fraction of sp³-hybridized carbons (Fsp3) is 0.174. The minimum atomic E-state index is -0.866. The molecule has 3 atom stereocenters. The van der Waals surface area contributed by atoms with Crippen molar-refractivity contribution in [2.75, 3.05) is 9.96 Å². The van der Waals surface area contributed by atoms with Crippen molar-refractivity contribution in [3.63, 3.8) is 0 Å². The molecule has 144 valence electrons.